The summed E-state index contributed by atoms with van der Waals surface area (Å²) in [7, 11) is 0. The van der Waals surface area contributed by atoms with Crippen LogP contribution in [-0.4, -0.2) is 22.0 Å². The molecule has 27 heavy (non-hydrogen) atoms. The van der Waals surface area contributed by atoms with Crippen LogP contribution in [0.4, 0.5) is 29.1 Å². The highest BCUT2D eigenvalue weighted by Crippen LogP contribution is 2.34. The molecule has 0 unspecified atom stereocenters. The van der Waals surface area contributed by atoms with E-state index < -0.39 is 4.92 Å². The highest BCUT2D eigenvalue weighted by atomic mass is 16.6. The Morgan fingerprint density at radius 2 is 1.96 bits per heavy atom. The van der Waals surface area contributed by atoms with Gasteiger partial charge in [-0.05, 0) is 36.8 Å². The lowest BCUT2D eigenvalue weighted by molar-refractivity contribution is -0.384. The second-order valence-corrected chi connectivity index (χ2v) is 5.91. The van der Waals surface area contributed by atoms with Gasteiger partial charge in [0, 0.05) is 18.3 Å². The number of amides is 1. The van der Waals surface area contributed by atoms with Gasteiger partial charge in [-0.2, -0.15) is 4.98 Å². The number of hydrogen-bond donors (Lipinski definition) is 2. The number of nitro groups is 1. The molecule has 0 saturated carbocycles. The zero-order chi connectivity index (χ0) is 19.0. The standard InChI is InChI=1S/C18H13N5O4/c1-10-2-7-14-13(8-10)16(24)22-17-15(20-14)21-18(27-17)19-9-11-3-5-12(6-4-11)23(25)26/h2-9,20H,1H3,(H,22,24). The number of non-ortho nitro benzene ring substituents is 1. The number of carbonyl (C=O) groups excluding carboxylic acids is 1. The molecule has 4 rings (SSSR count). The Bertz CT molecular complexity index is 1090. The molecule has 2 N–H and O–H groups in total. The molecule has 1 amide bonds. The summed E-state index contributed by atoms with van der Waals surface area (Å²) in [5.41, 5.74) is 2.73. The van der Waals surface area contributed by atoms with Crippen molar-refractivity contribution in [1.29, 1.82) is 0 Å². The first-order valence-corrected chi connectivity index (χ1v) is 7.98. The Kier molecular flexibility index (Phi) is 3.88. The molecule has 2 aromatic carbocycles. The van der Waals surface area contributed by atoms with Crippen LogP contribution in [0.25, 0.3) is 0 Å². The zero-order valence-electron chi connectivity index (χ0n) is 14.1. The summed E-state index contributed by atoms with van der Waals surface area (Å²) in [6.45, 7) is 1.90. The lowest BCUT2D eigenvalue weighted by atomic mass is 10.1. The van der Waals surface area contributed by atoms with E-state index in [4.69, 9.17) is 4.42 Å². The largest absolute Gasteiger partial charge is 0.403 e. The molecule has 0 fully saturated rings. The van der Waals surface area contributed by atoms with E-state index in [1.807, 2.05) is 13.0 Å². The van der Waals surface area contributed by atoms with Gasteiger partial charge in [0.05, 0.1) is 16.2 Å². The number of nitrogens with one attached hydrogen (secondary N) is 2. The minimum absolute atomic E-state index is 0.00389. The monoisotopic (exact) mass is 363 g/mol. The molecule has 0 aliphatic carbocycles. The van der Waals surface area contributed by atoms with Crippen LogP contribution in [0.3, 0.4) is 0 Å². The summed E-state index contributed by atoms with van der Waals surface area (Å²) in [6, 6.07) is 11.4. The van der Waals surface area contributed by atoms with Crippen LogP contribution in [0, 0.1) is 17.0 Å². The molecule has 0 atom stereocenters. The lowest BCUT2D eigenvalue weighted by Gasteiger charge is -2.05. The average Bonchev–Trinajstić information content (AvgIpc) is 2.97. The maximum Gasteiger partial charge on any atom is 0.325 e. The van der Waals surface area contributed by atoms with E-state index in [0.29, 0.717) is 22.6 Å². The highest BCUT2D eigenvalue weighted by molar-refractivity contribution is 6.11. The predicted octanol–water partition coefficient (Wildman–Crippen LogP) is 3.95. The van der Waals surface area contributed by atoms with Gasteiger partial charge >= 0.3 is 6.01 Å². The number of benzene rings is 2. The molecule has 9 heteroatoms. The van der Waals surface area contributed by atoms with E-state index in [0.717, 1.165) is 5.56 Å². The number of aliphatic imine (C=N–C) groups is 1. The fourth-order valence-electron chi connectivity index (χ4n) is 2.60. The molecular weight excluding hydrogens is 350 g/mol. The molecule has 1 aliphatic heterocycles. The molecule has 0 bridgehead atoms. The van der Waals surface area contributed by atoms with Crippen LogP contribution >= 0.6 is 0 Å². The molecule has 2 heterocycles. The summed E-state index contributed by atoms with van der Waals surface area (Å²) in [6.07, 6.45) is 1.47. The predicted molar refractivity (Wildman–Crippen MR) is 99.3 cm³/mol. The van der Waals surface area contributed by atoms with Crippen LogP contribution in [0.5, 0.6) is 0 Å². The molecule has 3 aromatic rings. The minimum atomic E-state index is -0.472. The normalized spacial score (nSPS) is 12.7. The van der Waals surface area contributed by atoms with Crippen LogP contribution < -0.4 is 10.6 Å². The number of hydrogen-bond acceptors (Lipinski definition) is 7. The van der Waals surface area contributed by atoms with Crippen molar-refractivity contribution in [3.8, 4) is 0 Å². The number of carbonyl (C=O) groups is 1. The van der Waals surface area contributed by atoms with Crippen LogP contribution in [0.1, 0.15) is 21.5 Å². The summed E-state index contributed by atoms with van der Waals surface area (Å²) < 4.78 is 5.49. The number of aromatic nitrogens is 1. The Morgan fingerprint density at radius 1 is 1.19 bits per heavy atom. The van der Waals surface area contributed by atoms with E-state index in [9.17, 15) is 14.9 Å². The van der Waals surface area contributed by atoms with Crippen molar-refractivity contribution in [3.63, 3.8) is 0 Å². The third kappa shape index (κ3) is 3.25. The van der Waals surface area contributed by atoms with Crippen molar-refractivity contribution in [2.45, 2.75) is 6.92 Å². The van der Waals surface area contributed by atoms with Gasteiger partial charge in [-0.25, -0.2) is 4.99 Å². The topological polar surface area (TPSA) is 123 Å². The smallest absolute Gasteiger partial charge is 0.325 e. The second-order valence-electron chi connectivity index (χ2n) is 5.91. The SMILES string of the molecule is Cc1ccc2c(c1)C(=O)Nc1oc(N=Cc3ccc([N+](=O)[O-])cc3)nc1N2. The zero-order valence-corrected chi connectivity index (χ0v) is 14.1. The molecule has 0 radical (unpaired) electrons. The Labute approximate surface area is 152 Å². The van der Waals surface area contributed by atoms with Crippen LogP contribution in [0.15, 0.2) is 51.9 Å². The van der Waals surface area contributed by atoms with E-state index in [-0.39, 0.29) is 23.5 Å². The molecule has 9 nitrogen and oxygen atoms in total. The third-order valence-electron chi connectivity index (χ3n) is 3.94. The maximum atomic E-state index is 12.4. The van der Waals surface area contributed by atoms with Gasteiger partial charge in [-0.1, -0.05) is 11.6 Å². The van der Waals surface area contributed by atoms with Crippen molar-refractivity contribution in [2.24, 2.45) is 4.99 Å². The number of anilines is 3. The number of rotatable bonds is 3. The van der Waals surface area contributed by atoms with Crippen molar-refractivity contribution >= 4 is 41.2 Å². The quantitative estimate of drug-likeness (QED) is 0.413. The molecule has 0 saturated heterocycles. The number of nitro benzene ring substituents is 1. The number of oxazole rings is 1. The van der Waals surface area contributed by atoms with Gasteiger partial charge in [0.1, 0.15) is 0 Å². The van der Waals surface area contributed by atoms with Crippen molar-refractivity contribution in [3.05, 3.63) is 69.3 Å². The molecular formula is C18H13N5O4. The molecule has 1 aromatic heterocycles. The fourth-order valence-corrected chi connectivity index (χ4v) is 2.60. The van der Waals surface area contributed by atoms with Crippen molar-refractivity contribution in [1.82, 2.24) is 4.98 Å². The first kappa shape index (κ1) is 16.5. The van der Waals surface area contributed by atoms with Gasteiger partial charge in [0.2, 0.25) is 5.88 Å². The Hall–Kier alpha value is -4.01. The Balaban J connectivity index is 1.59. The van der Waals surface area contributed by atoms with E-state index in [2.05, 4.69) is 20.6 Å². The summed E-state index contributed by atoms with van der Waals surface area (Å²) in [5.74, 6) is 0.216. The lowest BCUT2D eigenvalue weighted by Crippen LogP contribution is -2.10. The first-order valence-electron chi connectivity index (χ1n) is 7.98. The minimum Gasteiger partial charge on any atom is -0.403 e. The third-order valence-corrected chi connectivity index (χ3v) is 3.94. The fraction of sp³-hybridized carbons (Fsp3) is 0.0556. The van der Waals surface area contributed by atoms with E-state index in [1.54, 1.807) is 24.3 Å². The second kappa shape index (κ2) is 6.37. The maximum absolute atomic E-state index is 12.4. The summed E-state index contributed by atoms with van der Waals surface area (Å²) >= 11 is 0. The van der Waals surface area contributed by atoms with E-state index >= 15 is 0 Å². The van der Waals surface area contributed by atoms with E-state index in [1.165, 1.54) is 18.3 Å². The number of nitrogens with zero attached hydrogens (tertiary/aromatic N) is 3. The first-order chi connectivity index (χ1) is 13.0. The molecule has 1 aliphatic rings. The van der Waals surface area contributed by atoms with Crippen LogP contribution in [-0.2, 0) is 0 Å². The van der Waals surface area contributed by atoms with Gasteiger partial charge in [-0.15, -0.1) is 0 Å². The number of aryl methyl sites for hydroxylation is 1. The van der Waals surface area contributed by atoms with Crippen LogP contribution in [0.2, 0.25) is 0 Å². The highest BCUT2D eigenvalue weighted by Gasteiger charge is 2.23. The molecule has 134 valence electrons. The summed E-state index contributed by atoms with van der Waals surface area (Å²) in [5, 5.41) is 16.4. The number of fused-ring (bicyclic) bond motifs is 2. The van der Waals surface area contributed by atoms with Gasteiger partial charge < -0.3 is 9.73 Å². The Morgan fingerprint density at radius 3 is 2.70 bits per heavy atom. The molecule has 0 spiro atoms. The van der Waals surface area contributed by atoms with Gasteiger partial charge in [0.15, 0.2) is 5.82 Å². The van der Waals surface area contributed by atoms with Crippen molar-refractivity contribution in [2.75, 3.05) is 10.6 Å². The summed E-state index contributed by atoms with van der Waals surface area (Å²) in [4.78, 5) is 30.9. The average molecular weight is 363 g/mol. The van der Waals surface area contributed by atoms with Gasteiger partial charge in [-0.3, -0.25) is 20.2 Å². The van der Waals surface area contributed by atoms with Crippen molar-refractivity contribution < 1.29 is 14.1 Å². The van der Waals surface area contributed by atoms with Gasteiger partial charge in [0.25, 0.3) is 11.6 Å².